The van der Waals surface area contributed by atoms with E-state index in [1.54, 1.807) is 0 Å². The molecular formula is C10H17N3O. The molecule has 1 rings (SSSR count). The first kappa shape index (κ1) is 10.8. The quantitative estimate of drug-likeness (QED) is 0.780. The number of aryl methyl sites for hydroxylation is 2. The number of aromatic nitrogens is 2. The molecule has 14 heavy (non-hydrogen) atoms. The molecule has 1 aromatic rings. The molecule has 0 fully saturated rings. The fourth-order valence-electron chi connectivity index (χ4n) is 1.33. The van der Waals surface area contributed by atoms with Gasteiger partial charge in [-0.2, -0.15) is 5.10 Å². The molecule has 1 amide bonds. The van der Waals surface area contributed by atoms with Crippen LogP contribution < -0.4 is 5.32 Å². The van der Waals surface area contributed by atoms with Gasteiger partial charge in [-0.05, 0) is 19.9 Å². The molecule has 0 spiro atoms. The first-order valence-corrected chi connectivity index (χ1v) is 4.91. The van der Waals surface area contributed by atoms with Gasteiger partial charge < -0.3 is 5.32 Å². The summed E-state index contributed by atoms with van der Waals surface area (Å²) in [7, 11) is 0. The van der Waals surface area contributed by atoms with E-state index in [0.717, 1.165) is 17.9 Å². The minimum atomic E-state index is 0.0894. The summed E-state index contributed by atoms with van der Waals surface area (Å²) in [5.74, 6) is 0.0894. The lowest BCUT2D eigenvalue weighted by Crippen LogP contribution is -2.26. The maximum absolute atomic E-state index is 11.0. The summed E-state index contributed by atoms with van der Waals surface area (Å²) in [6.45, 7) is 7.22. The van der Waals surface area contributed by atoms with Crippen LogP contribution >= 0.6 is 0 Å². The summed E-state index contributed by atoms with van der Waals surface area (Å²) in [6, 6.07) is 2.03. The highest BCUT2D eigenvalue weighted by molar-refractivity contribution is 5.75. The predicted molar refractivity (Wildman–Crippen MR) is 55.0 cm³/mol. The van der Waals surface area contributed by atoms with Gasteiger partial charge in [-0.15, -0.1) is 0 Å². The largest absolute Gasteiger partial charge is 0.354 e. The van der Waals surface area contributed by atoms with Crippen molar-refractivity contribution in [3.63, 3.8) is 0 Å². The highest BCUT2D eigenvalue weighted by Crippen LogP contribution is 2.00. The molecular weight excluding hydrogens is 178 g/mol. The van der Waals surface area contributed by atoms with Gasteiger partial charge in [-0.3, -0.25) is 9.48 Å². The van der Waals surface area contributed by atoms with Gasteiger partial charge >= 0.3 is 0 Å². The summed E-state index contributed by atoms with van der Waals surface area (Å²) in [6.07, 6.45) is 0.539. The Hall–Kier alpha value is -1.32. The zero-order valence-electron chi connectivity index (χ0n) is 9.00. The van der Waals surface area contributed by atoms with Gasteiger partial charge in [0.25, 0.3) is 0 Å². The fourth-order valence-corrected chi connectivity index (χ4v) is 1.33. The minimum Gasteiger partial charge on any atom is -0.354 e. The molecule has 0 bridgehead atoms. The number of hydrogen-bond acceptors (Lipinski definition) is 2. The Morgan fingerprint density at radius 1 is 1.57 bits per heavy atom. The Bertz CT molecular complexity index is 317. The highest BCUT2D eigenvalue weighted by Gasteiger charge is 2.00. The molecule has 0 radical (unpaired) electrons. The molecule has 0 saturated carbocycles. The Morgan fingerprint density at radius 3 is 2.79 bits per heavy atom. The number of rotatable bonds is 4. The van der Waals surface area contributed by atoms with E-state index in [1.165, 1.54) is 0 Å². The molecule has 1 heterocycles. The molecule has 78 valence electrons. The van der Waals surface area contributed by atoms with Crippen LogP contribution in [0.4, 0.5) is 0 Å². The van der Waals surface area contributed by atoms with E-state index < -0.39 is 0 Å². The van der Waals surface area contributed by atoms with Crippen molar-refractivity contribution in [1.29, 1.82) is 0 Å². The normalized spacial score (nSPS) is 10.2. The molecule has 1 aromatic heterocycles. The molecule has 0 aliphatic carbocycles. The number of carbonyl (C=O) groups is 1. The van der Waals surface area contributed by atoms with Crippen molar-refractivity contribution in [3.05, 3.63) is 17.5 Å². The van der Waals surface area contributed by atoms with Crippen molar-refractivity contribution in [1.82, 2.24) is 15.1 Å². The Morgan fingerprint density at radius 2 is 2.29 bits per heavy atom. The third kappa shape index (κ3) is 2.87. The standard InChI is InChI=1S/C10H17N3O/c1-4-10(14)11-5-6-13-9(3)7-8(2)12-13/h7H,4-6H2,1-3H3,(H,11,14). The van der Waals surface area contributed by atoms with Gasteiger partial charge in [0, 0.05) is 18.7 Å². The second kappa shape index (κ2) is 4.79. The maximum Gasteiger partial charge on any atom is 0.219 e. The van der Waals surface area contributed by atoms with Gasteiger partial charge in [-0.1, -0.05) is 6.92 Å². The highest BCUT2D eigenvalue weighted by atomic mass is 16.1. The van der Waals surface area contributed by atoms with Crippen molar-refractivity contribution < 1.29 is 4.79 Å². The number of carbonyl (C=O) groups excluding carboxylic acids is 1. The number of nitrogens with one attached hydrogen (secondary N) is 1. The predicted octanol–water partition coefficient (Wildman–Crippen LogP) is 1.03. The lowest BCUT2D eigenvalue weighted by Gasteiger charge is -2.05. The molecule has 0 unspecified atom stereocenters. The first-order valence-electron chi connectivity index (χ1n) is 4.91. The molecule has 4 nitrogen and oxygen atoms in total. The summed E-state index contributed by atoms with van der Waals surface area (Å²) in [5, 5.41) is 7.12. The summed E-state index contributed by atoms with van der Waals surface area (Å²) >= 11 is 0. The van der Waals surface area contributed by atoms with E-state index >= 15 is 0 Å². The third-order valence-electron chi connectivity index (χ3n) is 2.07. The average Bonchev–Trinajstić information content (AvgIpc) is 2.45. The van der Waals surface area contributed by atoms with Gasteiger partial charge in [0.15, 0.2) is 0 Å². The van der Waals surface area contributed by atoms with E-state index in [2.05, 4.69) is 10.4 Å². The maximum atomic E-state index is 11.0. The van der Waals surface area contributed by atoms with Gasteiger partial charge in [0.1, 0.15) is 0 Å². The van der Waals surface area contributed by atoms with Crippen LogP contribution in [0.5, 0.6) is 0 Å². The van der Waals surface area contributed by atoms with Crippen LogP contribution in [-0.2, 0) is 11.3 Å². The zero-order valence-corrected chi connectivity index (χ0v) is 9.00. The monoisotopic (exact) mass is 195 g/mol. The van der Waals surface area contributed by atoms with Crippen molar-refractivity contribution in [3.8, 4) is 0 Å². The topological polar surface area (TPSA) is 46.9 Å². The van der Waals surface area contributed by atoms with Crippen molar-refractivity contribution in [2.24, 2.45) is 0 Å². The first-order chi connectivity index (χ1) is 6.63. The third-order valence-corrected chi connectivity index (χ3v) is 2.07. The Kier molecular flexibility index (Phi) is 3.68. The van der Waals surface area contributed by atoms with Crippen LogP contribution in [0, 0.1) is 13.8 Å². The zero-order chi connectivity index (χ0) is 10.6. The Balaban J connectivity index is 2.38. The number of amides is 1. The van der Waals surface area contributed by atoms with Crippen LogP contribution in [-0.4, -0.2) is 22.2 Å². The summed E-state index contributed by atoms with van der Waals surface area (Å²) in [4.78, 5) is 11.0. The molecule has 0 atom stereocenters. The molecule has 1 N–H and O–H groups in total. The van der Waals surface area contributed by atoms with Gasteiger partial charge in [-0.25, -0.2) is 0 Å². The van der Waals surface area contributed by atoms with Crippen molar-refractivity contribution in [2.45, 2.75) is 33.7 Å². The lowest BCUT2D eigenvalue weighted by atomic mass is 10.4. The summed E-state index contributed by atoms with van der Waals surface area (Å²) in [5.41, 5.74) is 2.15. The second-order valence-electron chi connectivity index (χ2n) is 3.35. The molecule has 0 aromatic carbocycles. The van der Waals surface area contributed by atoms with E-state index in [1.807, 2.05) is 31.5 Å². The van der Waals surface area contributed by atoms with Gasteiger partial charge in [0.05, 0.1) is 12.2 Å². The van der Waals surface area contributed by atoms with Crippen LogP contribution in [0.3, 0.4) is 0 Å². The molecule has 4 heteroatoms. The van der Waals surface area contributed by atoms with E-state index in [4.69, 9.17) is 0 Å². The lowest BCUT2D eigenvalue weighted by molar-refractivity contribution is -0.120. The number of nitrogens with zero attached hydrogens (tertiary/aromatic N) is 2. The van der Waals surface area contributed by atoms with Crippen molar-refractivity contribution in [2.75, 3.05) is 6.54 Å². The second-order valence-corrected chi connectivity index (χ2v) is 3.35. The van der Waals surface area contributed by atoms with E-state index in [9.17, 15) is 4.79 Å². The summed E-state index contributed by atoms with van der Waals surface area (Å²) < 4.78 is 1.91. The minimum absolute atomic E-state index is 0.0894. The van der Waals surface area contributed by atoms with Crippen molar-refractivity contribution >= 4 is 5.91 Å². The SMILES string of the molecule is CCC(=O)NCCn1nc(C)cc1C. The van der Waals surface area contributed by atoms with Gasteiger partial charge in [0.2, 0.25) is 5.91 Å². The smallest absolute Gasteiger partial charge is 0.219 e. The fraction of sp³-hybridized carbons (Fsp3) is 0.600. The van der Waals surface area contributed by atoms with Crippen LogP contribution in [0.1, 0.15) is 24.7 Å². The molecule has 0 aliphatic rings. The molecule has 0 saturated heterocycles. The Labute approximate surface area is 84.3 Å². The number of hydrogen-bond donors (Lipinski definition) is 1. The van der Waals surface area contributed by atoms with Crippen LogP contribution in [0.15, 0.2) is 6.07 Å². The van der Waals surface area contributed by atoms with Crippen LogP contribution in [0.25, 0.3) is 0 Å². The molecule has 0 aliphatic heterocycles. The van der Waals surface area contributed by atoms with E-state index in [0.29, 0.717) is 13.0 Å². The van der Waals surface area contributed by atoms with Crippen LogP contribution in [0.2, 0.25) is 0 Å². The van der Waals surface area contributed by atoms with E-state index in [-0.39, 0.29) is 5.91 Å². The average molecular weight is 195 g/mol.